The van der Waals surface area contributed by atoms with Gasteiger partial charge in [-0.1, -0.05) is 31.2 Å². The molecule has 0 saturated heterocycles. The molecule has 16 heavy (non-hydrogen) atoms. The molecule has 3 nitrogen and oxygen atoms in total. The third-order valence-electron chi connectivity index (χ3n) is 2.39. The van der Waals surface area contributed by atoms with E-state index in [1.807, 2.05) is 24.3 Å². The number of H-pyrrole nitrogens is 1. The number of aromatic amines is 1. The second-order valence-electron chi connectivity index (χ2n) is 3.46. The molecule has 1 aromatic heterocycles. The van der Waals surface area contributed by atoms with Gasteiger partial charge in [0.2, 0.25) is 0 Å². The van der Waals surface area contributed by atoms with Crippen molar-refractivity contribution >= 4 is 15.9 Å². The molecule has 0 aliphatic rings. The maximum Gasteiger partial charge on any atom is 0.265 e. The highest BCUT2D eigenvalue weighted by Gasteiger charge is 2.02. The van der Waals surface area contributed by atoms with Crippen molar-refractivity contribution in [2.24, 2.45) is 0 Å². The van der Waals surface area contributed by atoms with Crippen LogP contribution in [0.2, 0.25) is 0 Å². The molecule has 0 fully saturated rings. The molecule has 1 N–H and O–H groups in total. The smallest absolute Gasteiger partial charge is 0.265 e. The standard InChI is InChI=1S/C12H11BrN2O/c1-2-8-3-5-9(6-4-8)11-14-7-10(13)12(16)15-11/h3-7H,2H2,1H3,(H,14,15,16). The summed E-state index contributed by atoms with van der Waals surface area (Å²) in [6.07, 6.45) is 2.52. The first kappa shape index (κ1) is 11.1. The maximum atomic E-state index is 11.4. The van der Waals surface area contributed by atoms with Gasteiger partial charge in [-0.05, 0) is 27.9 Å². The number of aromatic nitrogens is 2. The zero-order chi connectivity index (χ0) is 11.5. The number of nitrogens with zero attached hydrogens (tertiary/aromatic N) is 1. The molecule has 0 radical (unpaired) electrons. The minimum Gasteiger partial charge on any atom is -0.306 e. The highest BCUT2D eigenvalue weighted by atomic mass is 79.9. The van der Waals surface area contributed by atoms with Gasteiger partial charge in [-0.15, -0.1) is 0 Å². The van der Waals surface area contributed by atoms with Crippen molar-refractivity contribution in [2.75, 3.05) is 0 Å². The van der Waals surface area contributed by atoms with E-state index < -0.39 is 0 Å². The molecular weight excluding hydrogens is 268 g/mol. The number of hydrogen-bond donors (Lipinski definition) is 1. The molecule has 2 aromatic rings. The highest BCUT2D eigenvalue weighted by Crippen LogP contribution is 2.15. The molecule has 0 saturated carbocycles. The van der Waals surface area contributed by atoms with Crippen molar-refractivity contribution in [3.63, 3.8) is 0 Å². The van der Waals surface area contributed by atoms with Gasteiger partial charge >= 0.3 is 0 Å². The van der Waals surface area contributed by atoms with Crippen molar-refractivity contribution in [3.8, 4) is 11.4 Å². The van der Waals surface area contributed by atoms with Gasteiger partial charge in [0.1, 0.15) is 10.3 Å². The van der Waals surface area contributed by atoms with Crippen LogP contribution in [-0.4, -0.2) is 9.97 Å². The van der Waals surface area contributed by atoms with E-state index in [4.69, 9.17) is 0 Å². The first-order valence-corrected chi connectivity index (χ1v) is 5.84. The zero-order valence-corrected chi connectivity index (χ0v) is 10.4. The van der Waals surface area contributed by atoms with Crippen molar-refractivity contribution in [1.29, 1.82) is 0 Å². The lowest BCUT2D eigenvalue weighted by Gasteiger charge is -2.02. The number of rotatable bonds is 2. The molecule has 0 aliphatic carbocycles. The van der Waals surface area contributed by atoms with Crippen molar-refractivity contribution in [2.45, 2.75) is 13.3 Å². The van der Waals surface area contributed by atoms with Crippen LogP contribution in [0, 0.1) is 0 Å². The Morgan fingerprint density at radius 3 is 2.56 bits per heavy atom. The van der Waals surface area contributed by atoms with E-state index in [0.717, 1.165) is 12.0 Å². The second-order valence-corrected chi connectivity index (χ2v) is 4.31. The fourth-order valence-corrected chi connectivity index (χ4v) is 1.63. The van der Waals surface area contributed by atoms with E-state index in [1.165, 1.54) is 11.8 Å². The van der Waals surface area contributed by atoms with Gasteiger partial charge in [0.05, 0.1) is 0 Å². The SMILES string of the molecule is CCc1ccc(-c2ncc(Br)c(=O)[nH]2)cc1. The summed E-state index contributed by atoms with van der Waals surface area (Å²) < 4.78 is 0.446. The van der Waals surface area contributed by atoms with Crippen LogP contribution >= 0.6 is 15.9 Å². The number of nitrogens with one attached hydrogen (secondary N) is 1. The lowest BCUT2D eigenvalue weighted by Crippen LogP contribution is -2.08. The largest absolute Gasteiger partial charge is 0.306 e. The monoisotopic (exact) mass is 278 g/mol. The van der Waals surface area contributed by atoms with Crippen LogP contribution in [0.1, 0.15) is 12.5 Å². The first-order chi connectivity index (χ1) is 7.70. The summed E-state index contributed by atoms with van der Waals surface area (Å²) in [5, 5.41) is 0. The predicted octanol–water partition coefficient (Wildman–Crippen LogP) is 2.76. The van der Waals surface area contributed by atoms with E-state index in [-0.39, 0.29) is 5.56 Å². The first-order valence-electron chi connectivity index (χ1n) is 5.05. The van der Waals surface area contributed by atoms with Crippen molar-refractivity contribution < 1.29 is 0 Å². The van der Waals surface area contributed by atoms with E-state index >= 15 is 0 Å². The average Bonchev–Trinajstić information content (AvgIpc) is 2.33. The second kappa shape index (κ2) is 4.61. The fourth-order valence-electron chi connectivity index (χ4n) is 1.42. The summed E-state index contributed by atoms with van der Waals surface area (Å²) in [6.45, 7) is 2.11. The quantitative estimate of drug-likeness (QED) is 0.918. The zero-order valence-electron chi connectivity index (χ0n) is 8.83. The molecule has 0 atom stereocenters. The molecule has 0 unspecified atom stereocenters. The van der Waals surface area contributed by atoms with Crippen LogP contribution in [0.4, 0.5) is 0 Å². The van der Waals surface area contributed by atoms with Gasteiger partial charge < -0.3 is 4.98 Å². The van der Waals surface area contributed by atoms with E-state index in [2.05, 4.69) is 32.8 Å². The Morgan fingerprint density at radius 1 is 1.31 bits per heavy atom. The number of benzene rings is 1. The van der Waals surface area contributed by atoms with Crippen LogP contribution in [0.25, 0.3) is 11.4 Å². The Kier molecular flexibility index (Phi) is 3.19. The van der Waals surface area contributed by atoms with E-state index in [1.54, 1.807) is 0 Å². The Hall–Kier alpha value is -1.42. The topological polar surface area (TPSA) is 45.8 Å². The molecule has 0 spiro atoms. The van der Waals surface area contributed by atoms with Crippen molar-refractivity contribution in [1.82, 2.24) is 9.97 Å². The predicted molar refractivity (Wildman–Crippen MR) is 67.4 cm³/mol. The Morgan fingerprint density at radius 2 is 2.00 bits per heavy atom. The summed E-state index contributed by atoms with van der Waals surface area (Å²) in [5.74, 6) is 0.593. The van der Waals surface area contributed by atoms with E-state index in [0.29, 0.717) is 10.3 Å². The summed E-state index contributed by atoms with van der Waals surface area (Å²) in [5.41, 5.74) is 2.02. The summed E-state index contributed by atoms with van der Waals surface area (Å²) >= 11 is 3.12. The summed E-state index contributed by atoms with van der Waals surface area (Å²) in [7, 11) is 0. The molecule has 2 rings (SSSR count). The van der Waals surface area contributed by atoms with Crippen LogP contribution in [0.5, 0.6) is 0 Å². The molecule has 0 amide bonds. The number of halogens is 1. The molecule has 82 valence electrons. The number of aryl methyl sites for hydroxylation is 1. The van der Waals surface area contributed by atoms with Crippen LogP contribution in [-0.2, 0) is 6.42 Å². The molecule has 0 bridgehead atoms. The Bertz CT molecular complexity index is 546. The van der Waals surface area contributed by atoms with Gasteiger partial charge in [0, 0.05) is 11.8 Å². The third-order valence-corrected chi connectivity index (χ3v) is 2.96. The lowest BCUT2D eigenvalue weighted by molar-refractivity contribution is 1.10. The van der Waals surface area contributed by atoms with Crippen molar-refractivity contribution in [3.05, 3.63) is 50.9 Å². The minimum atomic E-state index is -0.162. The molecule has 4 heteroatoms. The molecule has 0 aliphatic heterocycles. The lowest BCUT2D eigenvalue weighted by atomic mass is 10.1. The average molecular weight is 279 g/mol. The Labute approximate surface area is 102 Å². The molecule has 1 heterocycles. The van der Waals surface area contributed by atoms with Crippen LogP contribution in [0.15, 0.2) is 39.7 Å². The highest BCUT2D eigenvalue weighted by molar-refractivity contribution is 9.10. The molecule has 1 aromatic carbocycles. The van der Waals surface area contributed by atoms with Gasteiger partial charge in [0.15, 0.2) is 0 Å². The number of hydrogen-bond acceptors (Lipinski definition) is 2. The molecular formula is C12H11BrN2O. The summed E-state index contributed by atoms with van der Waals surface area (Å²) in [4.78, 5) is 18.3. The summed E-state index contributed by atoms with van der Waals surface area (Å²) in [6, 6.07) is 8.00. The van der Waals surface area contributed by atoms with Gasteiger partial charge in [-0.25, -0.2) is 4.98 Å². The van der Waals surface area contributed by atoms with Crippen LogP contribution < -0.4 is 5.56 Å². The van der Waals surface area contributed by atoms with Gasteiger partial charge in [-0.2, -0.15) is 0 Å². The normalized spacial score (nSPS) is 10.4. The fraction of sp³-hybridized carbons (Fsp3) is 0.167. The Balaban J connectivity index is 2.42. The van der Waals surface area contributed by atoms with Crippen LogP contribution in [0.3, 0.4) is 0 Å². The van der Waals surface area contributed by atoms with E-state index in [9.17, 15) is 4.79 Å². The van der Waals surface area contributed by atoms with Gasteiger partial charge in [-0.3, -0.25) is 4.79 Å². The van der Waals surface area contributed by atoms with Gasteiger partial charge in [0.25, 0.3) is 5.56 Å². The maximum absolute atomic E-state index is 11.4. The minimum absolute atomic E-state index is 0.162. The third kappa shape index (κ3) is 2.22.